The largest absolute Gasteiger partial charge is 0.393 e. The first kappa shape index (κ1) is 17.3. The third kappa shape index (κ3) is 2.07. The number of fused-ring (bicyclic) bond motifs is 5. The summed E-state index contributed by atoms with van der Waals surface area (Å²) in [5.74, 6) is 2.69. The van der Waals surface area contributed by atoms with Gasteiger partial charge in [0.2, 0.25) is 0 Å². The smallest absolute Gasteiger partial charge is 0.0958 e. The highest BCUT2D eigenvalue weighted by atomic mass is 16.3. The second kappa shape index (κ2) is 5.44. The van der Waals surface area contributed by atoms with Crippen LogP contribution in [0.15, 0.2) is 0 Å². The Balaban J connectivity index is 1.63. The van der Waals surface area contributed by atoms with Crippen LogP contribution in [0, 0.1) is 34.5 Å². The molecule has 0 spiro atoms. The zero-order valence-corrected chi connectivity index (χ0v) is 15.7. The molecule has 0 bridgehead atoms. The molecular formula is C21H36O3. The third-order valence-electron chi connectivity index (χ3n) is 9.54. The lowest BCUT2D eigenvalue weighted by molar-refractivity contribution is -0.186. The molecule has 24 heavy (non-hydrogen) atoms. The van der Waals surface area contributed by atoms with Crippen molar-refractivity contribution in [3.05, 3.63) is 0 Å². The van der Waals surface area contributed by atoms with E-state index in [-0.39, 0.29) is 11.5 Å². The Morgan fingerprint density at radius 2 is 1.62 bits per heavy atom. The Hall–Kier alpha value is -0.120. The zero-order chi connectivity index (χ0) is 17.3. The van der Waals surface area contributed by atoms with Gasteiger partial charge in [-0.05, 0) is 93.8 Å². The van der Waals surface area contributed by atoms with E-state index in [0.29, 0.717) is 23.2 Å². The highest BCUT2D eigenvalue weighted by Gasteiger charge is 2.65. The molecular weight excluding hydrogens is 300 g/mol. The number of hydrogen-bond donors (Lipinski definition) is 3. The Labute approximate surface area is 146 Å². The summed E-state index contributed by atoms with van der Waals surface area (Å²) in [6.45, 7) is 6.53. The maximum Gasteiger partial charge on any atom is 0.0958 e. The average molecular weight is 337 g/mol. The minimum absolute atomic E-state index is 0.0831. The molecule has 3 N–H and O–H groups in total. The first-order valence-corrected chi connectivity index (χ1v) is 10.3. The summed E-state index contributed by atoms with van der Waals surface area (Å²) in [5, 5.41) is 31.7. The van der Waals surface area contributed by atoms with Gasteiger partial charge in [0.1, 0.15) is 0 Å². The van der Waals surface area contributed by atoms with Crippen LogP contribution in [0.3, 0.4) is 0 Å². The van der Waals surface area contributed by atoms with Crippen LogP contribution in [-0.4, -0.2) is 33.1 Å². The fourth-order valence-corrected chi connectivity index (χ4v) is 7.97. The number of aliphatic hydroxyl groups excluding tert-OH is 2. The normalized spacial score (nSPS) is 58.5. The maximum absolute atomic E-state index is 11.3. The van der Waals surface area contributed by atoms with E-state index in [0.717, 1.165) is 38.0 Å². The van der Waals surface area contributed by atoms with Gasteiger partial charge >= 0.3 is 0 Å². The first-order chi connectivity index (χ1) is 11.2. The van der Waals surface area contributed by atoms with E-state index in [1.54, 1.807) is 6.92 Å². The predicted octanol–water partition coefficient (Wildman–Crippen LogP) is 3.50. The van der Waals surface area contributed by atoms with Crippen molar-refractivity contribution in [1.29, 1.82) is 0 Å². The maximum atomic E-state index is 11.3. The van der Waals surface area contributed by atoms with Crippen molar-refractivity contribution in [1.82, 2.24) is 0 Å². The molecule has 138 valence electrons. The lowest BCUT2D eigenvalue weighted by atomic mass is 9.44. The number of rotatable bonds is 1. The Kier molecular flexibility index (Phi) is 3.92. The van der Waals surface area contributed by atoms with Gasteiger partial charge in [0.05, 0.1) is 17.8 Å². The SMILES string of the molecule is C[C@H](O)[C@@]1(O)CC[C@H]2[C@@H]3CC[C@H]4C[C@@H](O)CC[C@]4(C)[C@H]3CC[C@@]21C. The molecule has 9 atom stereocenters. The van der Waals surface area contributed by atoms with Crippen LogP contribution in [-0.2, 0) is 0 Å². The van der Waals surface area contributed by atoms with E-state index in [4.69, 9.17) is 0 Å². The first-order valence-electron chi connectivity index (χ1n) is 10.3. The molecule has 0 heterocycles. The molecule has 0 amide bonds. The summed E-state index contributed by atoms with van der Waals surface area (Å²) in [5.41, 5.74) is -0.641. The summed E-state index contributed by atoms with van der Waals surface area (Å²) in [6.07, 6.45) is 8.99. The number of hydrogen-bond acceptors (Lipinski definition) is 3. The molecule has 0 aliphatic heterocycles. The molecule has 3 heteroatoms. The Morgan fingerprint density at radius 3 is 2.33 bits per heavy atom. The monoisotopic (exact) mass is 336 g/mol. The van der Waals surface area contributed by atoms with Crippen LogP contribution in [0.5, 0.6) is 0 Å². The summed E-state index contributed by atoms with van der Waals surface area (Å²) in [7, 11) is 0. The highest BCUT2D eigenvalue weighted by Crippen LogP contribution is 2.68. The summed E-state index contributed by atoms with van der Waals surface area (Å²) in [4.78, 5) is 0. The van der Waals surface area contributed by atoms with Crippen LogP contribution >= 0.6 is 0 Å². The molecule has 0 aromatic rings. The zero-order valence-electron chi connectivity index (χ0n) is 15.7. The number of aliphatic hydroxyl groups is 3. The van der Waals surface area contributed by atoms with Gasteiger partial charge in [-0.1, -0.05) is 13.8 Å². The molecule has 0 aromatic heterocycles. The lowest BCUT2D eigenvalue weighted by Crippen LogP contribution is -2.59. The lowest BCUT2D eigenvalue weighted by Gasteiger charge is -2.61. The summed E-state index contributed by atoms with van der Waals surface area (Å²) in [6, 6.07) is 0. The average Bonchev–Trinajstić information content (AvgIpc) is 2.81. The van der Waals surface area contributed by atoms with Crippen LogP contribution in [0.25, 0.3) is 0 Å². The van der Waals surface area contributed by atoms with E-state index in [9.17, 15) is 15.3 Å². The fourth-order valence-electron chi connectivity index (χ4n) is 7.97. The van der Waals surface area contributed by atoms with Crippen molar-refractivity contribution in [2.45, 2.75) is 96.4 Å². The quantitative estimate of drug-likeness (QED) is 0.687. The van der Waals surface area contributed by atoms with Gasteiger partial charge in [0, 0.05) is 5.41 Å². The molecule has 3 nitrogen and oxygen atoms in total. The molecule has 4 aliphatic rings. The van der Waals surface area contributed by atoms with Crippen LogP contribution < -0.4 is 0 Å². The standard InChI is InChI=1S/C21H36O3/c1-13(22)21(24)11-8-18-16-5-4-14-12-15(23)6-9-19(14,2)17(16)7-10-20(18,21)3/h13-18,22-24H,4-12H2,1-3H3/t13-,14-,15-,16+,17-,18-,19-,20-,21-/m0/s1. The third-order valence-corrected chi connectivity index (χ3v) is 9.54. The molecule has 0 aromatic carbocycles. The minimum Gasteiger partial charge on any atom is -0.393 e. The van der Waals surface area contributed by atoms with Gasteiger partial charge in [-0.25, -0.2) is 0 Å². The summed E-state index contributed by atoms with van der Waals surface area (Å²) >= 11 is 0. The van der Waals surface area contributed by atoms with Gasteiger partial charge in [-0.2, -0.15) is 0 Å². The Bertz CT molecular complexity index is 505. The van der Waals surface area contributed by atoms with Crippen LogP contribution in [0.2, 0.25) is 0 Å². The van der Waals surface area contributed by atoms with Crippen molar-refractivity contribution >= 4 is 0 Å². The van der Waals surface area contributed by atoms with Crippen molar-refractivity contribution in [2.24, 2.45) is 34.5 Å². The van der Waals surface area contributed by atoms with E-state index in [2.05, 4.69) is 13.8 Å². The molecule has 0 radical (unpaired) electrons. The van der Waals surface area contributed by atoms with Gasteiger partial charge in [-0.3, -0.25) is 0 Å². The second-order valence-electron chi connectivity index (χ2n) is 10.2. The summed E-state index contributed by atoms with van der Waals surface area (Å²) < 4.78 is 0. The molecule has 0 unspecified atom stereocenters. The minimum atomic E-state index is -0.900. The van der Waals surface area contributed by atoms with Crippen molar-refractivity contribution in [3.8, 4) is 0 Å². The van der Waals surface area contributed by atoms with Crippen molar-refractivity contribution in [3.63, 3.8) is 0 Å². The second-order valence-corrected chi connectivity index (χ2v) is 10.2. The Morgan fingerprint density at radius 1 is 0.917 bits per heavy atom. The molecule has 4 fully saturated rings. The molecule has 4 rings (SSSR count). The van der Waals surface area contributed by atoms with Gasteiger partial charge in [0.15, 0.2) is 0 Å². The van der Waals surface area contributed by atoms with Gasteiger partial charge in [0.25, 0.3) is 0 Å². The molecule has 4 aliphatic carbocycles. The van der Waals surface area contributed by atoms with Crippen LogP contribution in [0.4, 0.5) is 0 Å². The van der Waals surface area contributed by atoms with Gasteiger partial charge < -0.3 is 15.3 Å². The van der Waals surface area contributed by atoms with E-state index in [1.807, 2.05) is 0 Å². The molecule has 4 saturated carbocycles. The van der Waals surface area contributed by atoms with Crippen molar-refractivity contribution in [2.75, 3.05) is 0 Å². The van der Waals surface area contributed by atoms with E-state index < -0.39 is 11.7 Å². The topological polar surface area (TPSA) is 60.7 Å². The van der Waals surface area contributed by atoms with Gasteiger partial charge in [-0.15, -0.1) is 0 Å². The highest BCUT2D eigenvalue weighted by molar-refractivity contribution is 5.15. The fraction of sp³-hybridized carbons (Fsp3) is 1.00. The van der Waals surface area contributed by atoms with Crippen molar-refractivity contribution < 1.29 is 15.3 Å². The predicted molar refractivity (Wildman–Crippen MR) is 94.4 cm³/mol. The van der Waals surface area contributed by atoms with E-state index in [1.165, 1.54) is 25.7 Å². The van der Waals surface area contributed by atoms with Crippen LogP contribution in [0.1, 0.15) is 78.6 Å². The molecule has 0 saturated heterocycles. The van der Waals surface area contributed by atoms with E-state index >= 15 is 0 Å².